The van der Waals surface area contributed by atoms with Gasteiger partial charge in [0.05, 0.1) is 12.5 Å². The van der Waals surface area contributed by atoms with Crippen LogP contribution in [0, 0.1) is 12.8 Å². The van der Waals surface area contributed by atoms with Gasteiger partial charge < -0.3 is 10.2 Å². The van der Waals surface area contributed by atoms with Gasteiger partial charge in [-0.3, -0.25) is 14.5 Å². The summed E-state index contributed by atoms with van der Waals surface area (Å²) in [7, 11) is 0. The lowest BCUT2D eigenvalue weighted by Gasteiger charge is -2.34. The molecular weight excluding hydrogens is 349 g/mol. The number of piperazine rings is 1. The Hall–Kier alpha value is -1.30. The monoisotopic (exact) mass is 369 g/mol. The van der Waals surface area contributed by atoms with Crippen LogP contribution in [-0.4, -0.2) is 58.7 Å². The van der Waals surface area contributed by atoms with E-state index in [0.29, 0.717) is 39.1 Å². The molecule has 3 rings (SSSR count). The summed E-state index contributed by atoms with van der Waals surface area (Å²) in [5, 5.41) is 2.89. The third-order valence-corrected chi connectivity index (χ3v) is 5.35. The number of hydrogen-bond donors (Lipinski definition) is 1. The molecule has 1 aliphatic carbocycles. The highest BCUT2D eigenvalue weighted by molar-refractivity contribution is 6.52. The van der Waals surface area contributed by atoms with Crippen LogP contribution in [0.2, 0.25) is 0 Å². The Kier molecular flexibility index (Phi) is 5.04. The zero-order valence-corrected chi connectivity index (χ0v) is 15.1. The molecule has 1 aromatic carbocycles. The lowest BCUT2D eigenvalue weighted by atomic mass is 10.2. The van der Waals surface area contributed by atoms with Gasteiger partial charge in [-0.2, -0.15) is 0 Å². The number of nitrogens with one attached hydrogen (secondary N) is 1. The molecule has 7 heteroatoms. The van der Waals surface area contributed by atoms with E-state index in [0.717, 1.165) is 11.3 Å². The van der Waals surface area contributed by atoms with E-state index in [9.17, 15) is 9.59 Å². The van der Waals surface area contributed by atoms with Crippen molar-refractivity contribution in [2.45, 2.75) is 17.7 Å². The lowest BCUT2D eigenvalue weighted by Crippen LogP contribution is -2.51. The summed E-state index contributed by atoms with van der Waals surface area (Å²) < 4.78 is -0.873. The van der Waals surface area contributed by atoms with Gasteiger partial charge in [-0.25, -0.2) is 0 Å². The molecule has 1 saturated heterocycles. The molecule has 0 bridgehead atoms. The fraction of sp³-hybridized carbons (Fsp3) is 0.529. The molecule has 2 amide bonds. The van der Waals surface area contributed by atoms with Crippen molar-refractivity contribution >= 4 is 40.7 Å². The van der Waals surface area contributed by atoms with Crippen molar-refractivity contribution in [1.82, 2.24) is 9.80 Å². The van der Waals surface area contributed by atoms with Crippen molar-refractivity contribution in [3.05, 3.63) is 29.8 Å². The van der Waals surface area contributed by atoms with Crippen LogP contribution in [-0.2, 0) is 9.59 Å². The molecule has 1 heterocycles. The smallest absolute Gasteiger partial charge is 0.238 e. The summed E-state index contributed by atoms with van der Waals surface area (Å²) in [6.07, 6.45) is 0.536. The molecule has 0 unspecified atom stereocenters. The molecule has 0 spiro atoms. The number of amides is 2. The molecule has 130 valence electrons. The van der Waals surface area contributed by atoms with Gasteiger partial charge in [-0.05, 0) is 25.5 Å². The fourth-order valence-corrected chi connectivity index (χ4v) is 3.36. The van der Waals surface area contributed by atoms with Gasteiger partial charge in [0.1, 0.15) is 4.33 Å². The van der Waals surface area contributed by atoms with Gasteiger partial charge in [0, 0.05) is 31.9 Å². The van der Waals surface area contributed by atoms with Crippen molar-refractivity contribution in [3.8, 4) is 0 Å². The molecule has 1 aliphatic heterocycles. The van der Waals surface area contributed by atoms with E-state index >= 15 is 0 Å². The van der Waals surface area contributed by atoms with Gasteiger partial charge in [0.2, 0.25) is 11.8 Å². The fourth-order valence-electron chi connectivity index (χ4n) is 2.87. The quantitative estimate of drug-likeness (QED) is 0.828. The second-order valence-electron chi connectivity index (χ2n) is 6.53. The number of rotatable bonds is 4. The van der Waals surface area contributed by atoms with Crippen LogP contribution in [0.5, 0.6) is 0 Å². The van der Waals surface area contributed by atoms with Crippen molar-refractivity contribution in [2.75, 3.05) is 38.0 Å². The van der Waals surface area contributed by atoms with Crippen LogP contribution in [0.3, 0.4) is 0 Å². The summed E-state index contributed by atoms with van der Waals surface area (Å²) in [5.41, 5.74) is 1.95. The predicted octanol–water partition coefficient (Wildman–Crippen LogP) is 2.27. The highest BCUT2D eigenvalue weighted by Crippen LogP contribution is 2.53. The number of nitrogens with zero attached hydrogens (tertiary/aromatic N) is 2. The van der Waals surface area contributed by atoms with Crippen LogP contribution in [0.25, 0.3) is 0 Å². The molecular formula is C17H21Cl2N3O2. The average molecular weight is 370 g/mol. The Balaban J connectivity index is 1.43. The van der Waals surface area contributed by atoms with Crippen LogP contribution in [0.15, 0.2) is 24.3 Å². The first-order valence-electron chi connectivity index (χ1n) is 8.11. The Morgan fingerprint density at radius 1 is 1.17 bits per heavy atom. The SMILES string of the molecule is Cc1ccc(NC(=O)CN2CCN(C(=O)[C@H]3CC3(Cl)Cl)CC2)cc1. The van der Waals surface area contributed by atoms with Crippen molar-refractivity contribution in [2.24, 2.45) is 5.92 Å². The largest absolute Gasteiger partial charge is 0.340 e. The minimum absolute atomic E-state index is 0.0313. The molecule has 5 nitrogen and oxygen atoms in total. The van der Waals surface area contributed by atoms with E-state index < -0.39 is 4.33 Å². The van der Waals surface area contributed by atoms with E-state index in [-0.39, 0.29) is 17.7 Å². The second kappa shape index (κ2) is 6.90. The van der Waals surface area contributed by atoms with Crippen molar-refractivity contribution < 1.29 is 9.59 Å². The predicted molar refractivity (Wildman–Crippen MR) is 95.4 cm³/mol. The van der Waals surface area contributed by atoms with E-state index in [1.165, 1.54) is 0 Å². The summed E-state index contributed by atoms with van der Waals surface area (Å²) >= 11 is 11.9. The summed E-state index contributed by atoms with van der Waals surface area (Å²) in [6, 6.07) is 7.71. The van der Waals surface area contributed by atoms with Gasteiger partial charge in [0.25, 0.3) is 0 Å². The van der Waals surface area contributed by atoms with Gasteiger partial charge in [0.15, 0.2) is 0 Å². The molecule has 2 aliphatic rings. The first kappa shape index (κ1) is 17.5. The third-order valence-electron chi connectivity index (χ3n) is 4.51. The number of carbonyl (C=O) groups excluding carboxylic acids is 2. The number of benzene rings is 1. The number of halogens is 2. The Bertz CT molecular complexity index is 625. The minimum Gasteiger partial charge on any atom is -0.340 e. The molecule has 24 heavy (non-hydrogen) atoms. The Labute approximate surface area is 151 Å². The van der Waals surface area contributed by atoms with Crippen LogP contribution in [0.4, 0.5) is 5.69 Å². The minimum atomic E-state index is -0.873. The van der Waals surface area contributed by atoms with Gasteiger partial charge in [-0.15, -0.1) is 23.2 Å². The van der Waals surface area contributed by atoms with Crippen molar-refractivity contribution in [1.29, 1.82) is 0 Å². The first-order valence-corrected chi connectivity index (χ1v) is 8.86. The second-order valence-corrected chi connectivity index (χ2v) is 8.08. The lowest BCUT2D eigenvalue weighted by molar-refractivity contribution is -0.134. The van der Waals surface area contributed by atoms with Crippen molar-refractivity contribution in [3.63, 3.8) is 0 Å². The molecule has 0 aromatic heterocycles. The van der Waals surface area contributed by atoms with Crippen LogP contribution < -0.4 is 5.32 Å². The highest BCUT2D eigenvalue weighted by atomic mass is 35.5. The number of hydrogen-bond acceptors (Lipinski definition) is 3. The third kappa shape index (κ3) is 4.21. The molecule has 1 atom stereocenters. The number of carbonyl (C=O) groups is 2. The summed E-state index contributed by atoms with van der Waals surface area (Å²) in [4.78, 5) is 28.2. The topological polar surface area (TPSA) is 52.7 Å². The standard InChI is InChI=1S/C17H21Cl2N3O2/c1-12-2-4-13(5-3-12)20-15(23)11-21-6-8-22(9-7-21)16(24)14-10-17(14,18)19/h2-5,14H,6-11H2,1H3,(H,20,23)/t14-/m1/s1. The van der Waals surface area contributed by atoms with Gasteiger partial charge in [-0.1, -0.05) is 17.7 Å². The molecule has 1 aromatic rings. The zero-order valence-electron chi connectivity index (χ0n) is 13.6. The van der Waals surface area contributed by atoms with Crippen LogP contribution in [0.1, 0.15) is 12.0 Å². The maximum Gasteiger partial charge on any atom is 0.238 e. The Morgan fingerprint density at radius 2 is 1.75 bits per heavy atom. The van der Waals surface area contributed by atoms with E-state index in [2.05, 4.69) is 10.2 Å². The van der Waals surface area contributed by atoms with Crippen LogP contribution >= 0.6 is 23.2 Å². The molecule has 0 radical (unpaired) electrons. The van der Waals surface area contributed by atoms with E-state index in [4.69, 9.17) is 23.2 Å². The molecule has 2 fully saturated rings. The highest BCUT2D eigenvalue weighted by Gasteiger charge is 2.57. The zero-order chi connectivity index (χ0) is 17.3. The molecule has 1 saturated carbocycles. The van der Waals surface area contributed by atoms with E-state index in [1.54, 1.807) is 4.90 Å². The number of aryl methyl sites for hydroxylation is 1. The number of alkyl halides is 2. The van der Waals surface area contributed by atoms with E-state index in [1.807, 2.05) is 31.2 Å². The first-order chi connectivity index (χ1) is 11.3. The summed E-state index contributed by atoms with van der Waals surface area (Å²) in [5.74, 6) is -0.276. The average Bonchev–Trinajstić information content (AvgIpc) is 3.18. The maximum absolute atomic E-state index is 12.2. The molecule has 1 N–H and O–H groups in total. The number of anilines is 1. The Morgan fingerprint density at radius 3 is 2.29 bits per heavy atom. The summed E-state index contributed by atoms with van der Waals surface area (Å²) in [6.45, 7) is 4.91. The normalized spacial score (nSPS) is 23.0. The maximum atomic E-state index is 12.2. The van der Waals surface area contributed by atoms with Gasteiger partial charge >= 0.3 is 0 Å².